The summed E-state index contributed by atoms with van der Waals surface area (Å²) in [6.07, 6.45) is 3.61. The van der Waals surface area contributed by atoms with Crippen molar-refractivity contribution >= 4 is 5.97 Å². The first-order valence-electron chi connectivity index (χ1n) is 8.71. The van der Waals surface area contributed by atoms with Crippen LogP contribution in [-0.2, 0) is 9.53 Å². The van der Waals surface area contributed by atoms with E-state index in [1.54, 1.807) is 6.92 Å². The van der Waals surface area contributed by atoms with Crippen molar-refractivity contribution in [2.24, 2.45) is 0 Å². The van der Waals surface area contributed by atoms with Crippen LogP contribution in [0.3, 0.4) is 0 Å². The average molecular weight is 324 g/mol. The highest BCUT2D eigenvalue weighted by atomic mass is 16.6. The van der Waals surface area contributed by atoms with Crippen LogP contribution in [0.4, 0.5) is 0 Å². The van der Waals surface area contributed by atoms with Crippen LogP contribution < -0.4 is 4.74 Å². The number of hydrogen-bond acceptors (Lipinski definition) is 3. The van der Waals surface area contributed by atoms with E-state index in [1.165, 1.54) is 12.0 Å². The smallest absolute Gasteiger partial charge is 0.347 e. The lowest BCUT2D eigenvalue weighted by Gasteiger charge is -2.32. The molecule has 0 bridgehead atoms. The molecule has 3 heteroatoms. The quantitative estimate of drug-likeness (QED) is 0.746. The first-order valence-corrected chi connectivity index (χ1v) is 8.71. The van der Waals surface area contributed by atoms with Gasteiger partial charge in [-0.15, -0.1) is 0 Å². The van der Waals surface area contributed by atoms with Gasteiger partial charge in [-0.2, -0.15) is 0 Å². The first kappa shape index (κ1) is 16.6. The molecule has 1 saturated carbocycles. The third-order valence-electron chi connectivity index (χ3n) is 4.59. The Kier molecular flexibility index (Phi) is 5.52. The molecule has 0 aromatic heterocycles. The van der Waals surface area contributed by atoms with Crippen LogP contribution in [0.25, 0.3) is 0 Å². The lowest BCUT2D eigenvalue weighted by Crippen LogP contribution is -2.34. The molecule has 0 spiro atoms. The molecule has 3 atom stereocenters. The Morgan fingerprint density at radius 1 is 0.958 bits per heavy atom. The third kappa shape index (κ3) is 4.16. The number of para-hydroxylation sites is 1. The Hall–Kier alpha value is -2.29. The van der Waals surface area contributed by atoms with Crippen molar-refractivity contribution in [3.8, 4) is 5.75 Å². The summed E-state index contributed by atoms with van der Waals surface area (Å²) in [5.74, 6) is 0.685. The Labute approximate surface area is 143 Å². The fourth-order valence-corrected chi connectivity index (χ4v) is 3.32. The molecular weight excluding hydrogens is 300 g/mol. The summed E-state index contributed by atoms with van der Waals surface area (Å²) in [5.41, 5.74) is 1.26. The molecular formula is C21H24O3. The standard InChI is InChI=1S/C21H24O3/c1-16(23-18-12-6-3-7-13-18)21(22)24-20-15-9-8-14-19(20)17-10-4-2-5-11-17/h2-7,10-13,16,19-20H,8-9,14-15H2,1H3/t16-,19+,20-/m1/s1. The summed E-state index contributed by atoms with van der Waals surface area (Å²) in [5, 5.41) is 0. The maximum atomic E-state index is 12.4. The summed E-state index contributed by atoms with van der Waals surface area (Å²) in [7, 11) is 0. The van der Waals surface area contributed by atoms with E-state index in [2.05, 4.69) is 12.1 Å². The van der Waals surface area contributed by atoms with Gasteiger partial charge in [-0.3, -0.25) is 0 Å². The molecule has 0 radical (unpaired) electrons. The first-order chi connectivity index (χ1) is 11.7. The van der Waals surface area contributed by atoms with E-state index < -0.39 is 6.10 Å². The Balaban J connectivity index is 1.63. The van der Waals surface area contributed by atoms with Crippen molar-refractivity contribution < 1.29 is 14.3 Å². The van der Waals surface area contributed by atoms with Crippen LogP contribution >= 0.6 is 0 Å². The number of benzene rings is 2. The summed E-state index contributed by atoms with van der Waals surface area (Å²) < 4.78 is 11.5. The topological polar surface area (TPSA) is 35.5 Å². The van der Waals surface area contributed by atoms with Gasteiger partial charge in [-0.25, -0.2) is 4.79 Å². The van der Waals surface area contributed by atoms with Gasteiger partial charge < -0.3 is 9.47 Å². The number of carbonyl (C=O) groups is 1. The maximum Gasteiger partial charge on any atom is 0.347 e. The van der Waals surface area contributed by atoms with Crippen LogP contribution in [0.15, 0.2) is 60.7 Å². The minimum atomic E-state index is -0.606. The number of hydrogen-bond donors (Lipinski definition) is 0. The van der Waals surface area contributed by atoms with Gasteiger partial charge in [0, 0.05) is 5.92 Å². The van der Waals surface area contributed by atoms with Crippen molar-refractivity contribution in [3.05, 3.63) is 66.2 Å². The largest absolute Gasteiger partial charge is 0.479 e. The van der Waals surface area contributed by atoms with Crippen LogP contribution in [0.2, 0.25) is 0 Å². The van der Waals surface area contributed by atoms with E-state index in [0.717, 1.165) is 19.3 Å². The number of ether oxygens (including phenoxy) is 2. The minimum Gasteiger partial charge on any atom is -0.479 e. The molecule has 0 saturated heterocycles. The highest BCUT2D eigenvalue weighted by Crippen LogP contribution is 2.35. The molecule has 126 valence electrons. The zero-order valence-electron chi connectivity index (χ0n) is 14.1. The normalized spacial score (nSPS) is 21.7. The van der Waals surface area contributed by atoms with Gasteiger partial charge >= 0.3 is 5.97 Å². The Morgan fingerprint density at radius 2 is 1.58 bits per heavy atom. The average Bonchev–Trinajstić information content (AvgIpc) is 2.63. The number of esters is 1. The molecule has 2 aromatic rings. The summed E-state index contributed by atoms with van der Waals surface area (Å²) in [4.78, 5) is 12.4. The molecule has 0 aliphatic heterocycles. The highest BCUT2D eigenvalue weighted by Gasteiger charge is 2.31. The lowest BCUT2D eigenvalue weighted by molar-refractivity contribution is -0.159. The summed E-state index contributed by atoms with van der Waals surface area (Å²) >= 11 is 0. The third-order valence-corrected chi connectivity index (χ3v) is 4.59. The lowest BCUT2D eigenvalue weighted by atomic mass is 9.81. The second-order valence-corrected chi connectivity index (χ2v) is 6.35. The van der Waals surface area contributed by atoms with Crippen LogP contribution in [-0.4, -0.2) is 18.2 Å². The SMILES string of the molecule is C[C@@H](Oc1ccccc1)C(=O)O[C@@H]1CCCC[C@H]1c1ccccc1. The van der Waals surface area contributed by atoms with E-state index in [1.807, 2.05) is 48.5 Å². The fraction of sp³-hybridized carbons (Fsp3) is 0.381. The second kappa shape index (κ2) is 8.00. The van der Waals surface area contributed by atoms with Gasteiger partial charge in [0.15, 0.2) is 6.10 Å². The zero-order valence-corrected chi connectivity index (χ0v) is 14.1. The van der Waals surface area contributed by atoms with Crippen molar-refractivity contribution in [3.63, 3.8) is 0 Å². The zero-order chi connectivity index (χ0) is 16.8. The summed E-state index contributed by atoms with van der Waals surface area (Å²) in [6, 6.07) is 19.7. The maximum absolute atomic E-state index is 12.4. The molecule has 3 nitrogen and oxygen atoms in total. The molecule has 1 fully saturated rings. The van der Waals surface area contributed by atoms with Crippen molar-refractivity contribution in [2.45, 2.75) is 50.7 Å². The van der Waals surface area contributed by atoms with E-state index in [9.17, 15) is 4.79 Å². The van der Waals surface area contributed by atoms with Gasteiger partial charge in [-0.05, 0) is 43.9 Å². The van der Waals surface area contributed by atoms with Gasteiger partial charge in [0.2, 0.25) is 0 Å². The molecule has 0 amide bonds. The fourth-order valence-electron chi connectivity index (χ4n) is 3.32. The molecule has 1 aliphatic carbocycles. The second-order valence-electron chi connectivity index (χ2n) is 6.35. The van der Waals surface area contributed by atoms with Crippen LogP contribution in [0.1, 0.15) is 44.1 Å². The van der Waals surface area contributed by atoms with E-state index in [4.69, 9.17) is 9.47 Å². The monoisotopic (exact) mass is 324 g/mol. The minimum absolute atomic E-state index is 0.0597. The molecule has 24 heavy (non-hydrogen) atoms. The highest BCUT2D eigenvalue weighted by molar-refractivity contribution is 5.75. The molecule has 2 aromatic carbocycles. The van der Waals surface area contributed by atoms with Crippen molar-refractivity contribution in [1.82, 2.24) is 0 Å². The summed E-state index contributed by atoms with van der Waals surface area (Å²) in [6.45, 7) is 1.75. The van der Waals surface area contributed by atoms with Gasteiger partial charge in [0.05, 0.1) is 0 Å². The van der Waals surface area contributed by atoms with E-state index in [0.29, 0.717) is 5.75 Å². The predicted octanol–water partition coefficient (Wildman–Crippen LogP) is 4.72. The van der Waals surface area contributed by atoms with Gasteiger partial charge in [0.25, 0.3) is 0 Å². The molecule has 0 heterocycles. The molecule has 3 rings (SSSR count). The van der Waals surface area contributed by atoms with E-state index >= 15 is 0 Å². The predicted molar refractivity (Wildman–Crippen MR) is 94.1 cm³/mol. The Morgan fingerprint density at radius 3 is 2.29 bits per heavy atom. The number of rotatable bonds is 5. The molecule has 1 aliphatic rings. The van der Waals surface area contributed by atoms with E-state index in [-0.39, 0.29) is 18.0 Å². The molecule has 0 N–H and O–H groups in total. The Bertz CT molecular complexity index is 639. The van der Waals surface area contributed by atoms with Crippen molar-refractivity contribution in [1.29, 1.82) is 0 Å². The van der Waals surface area contributed by atoms with Crippen LogP contribution in [0.5, 0.6) is 5.75 Å². The van der Waals surface area contributed by atoms with Gasteiger partial charge in [-0.1, -0.05) is 55.0 Å². The van der Waals surface area contributed by atoms with Crippen LogP contribution in [0, 0.1) is 0 Å². The number of carbonyl (C=O) groups excluding carboxylic acids is 1. The molecule has 0 unspecified atom stereocenters. The van der Waals surface area contributed by atoms with Gasteiger partial charge in [0.1, 0.15) is 11.9 Å². The van der Waals surface area contributed by atoms with Crippen molar-refractivity contribution in [2.75, 3.05) is 0 Å².